The number of halogens is 2. The van der Waals surface area contributed by atoms with Gasteiger partial charge < -0.3 is 9.84 Å². The van der Waals surface area contributed by atoms with Gasteiger partial charge in [0, 0.05) is 5.56 Å². The number of rotatable bonds is 3. The minimum atomic E-state index is -2.80. The number of aryl methyl sites for hydroxylation is 1. The van der Waals surface area contributed by atoms with Crippen LogP contribution < -0.4 is 4.74 Å². The van der Waals surface area contributed by atoms with Crippen LogP contribution in [0, 0.1) is 6.92 Å². The molecule has 0 saturated carbocycles. The van der Waals surface area contributed by atoms with Crippen LogP contribution in [-0.2, 0) is 0 Å². The van der Waals surface area contributed by atoms with E-state index in [9.17, 15) is 13.9 Å². The number of aliphatic hydroxyl groups excluding tert-OH is 1. The van der Waals surface area contributed by atoms with E-state index >= 15 is 0 Å². The number of ether oxygens (including phenoxy) is 1. The Morgan fingerprint density at radius 1 is 1.36 bits per heavy atom. The van der Waals surface area contributed by atoms with E-state index in [2.05, 4.69) is 0 Å². The van der Waals surface area contributed by atoms with Gasteiger partial charge in [-0.1, -0.05) is 12.1 Å². The quantitative estimate of drug-likeness (QED) is 0.814. The molecule has 14 heavy (non-hydrogen) atoms. The largest absolute Gasteiger partial charge is 0.496 e. The van der Waals surface area contributed by atoms with Crippen molar-refractivity contribution in [3.8, 4) is 5.75 Å². The molecule has 0 fully saturated rings. The molecule has 0 bridgehead atoms. The van der Waals surface area contributed by atoms with Crippen molar-refractivity contribution in [2.45, 2.75) is 19.5 Å². The lowest BCUT2D eigenvalue weighted by atomic mass is 10.1. The SMILES string of the molecule is COc1cc(C)ccc1C(O)C(F)F. The molecule has 1 aromatic rings. The van der Waals surface area contributed by atoms with Crippen LogP contribution in [-0.4, -0.2) is 18.6 Å². The Hall–Kier alpha value is -1.16. The molecule has 2 nitrogen and oxygen atoms in total. The van der Waals surface area contributed by atoms with Gasteiger partial charge >= 0.3 is 0 Å². The summed E-state index contributed by atoms with van der Waals surface area (Å²) in [5.74, 6) is 0.290. The predicted octanol–water partition coefficient (Wildman–Crippen LogP) is 2.30. The molecular formula is C10H12F2O2. The lowest BCUT2D eigenvalue weighted by Gasteiger charge is -2.14. The van der Waals surface area contributed by atoms with E-state index in [0.717, 1.165) is 5.56 Å². The fraction of sp³-hybridized carbons (Fsp3) is 0.400. The van der Waals surface area contributed by atoms with Crippen LogP contribution >= 0.6 is 0 Å². The number of methoxy groups -OCH3 is 1. The average molecular weight is 202 g/mol. The van der Waals surface area contributed by atoms with Crippen molar-refractivity contribution in [3.63, 3.8) is 0 Å². The first-order chi connectivity index (χ1) is 6.56. The maximum Gasteiger partial charge on any atom is 0.268 e. The Morgan fingerprint density at radius 3 is 2.50 bits per heavy atom. The molecule has 1 N–H and O–H groups in total. The Bertz CT molecular complexity index is 313. The molecule has 1 rings (SSSR count). The van der Waals surface area contributed by atoms with Crippen LogP contribution in [0.2, 0.25) is 0 Å². The van der Waals surface area contributed by atoms with Crippen LogP contribution in [0.1, 0.15) is 17.2 Å². The van der Waals surface area contributed by atoms with Crippen molar-refractivity contribution >= 4 is 0 Å². The summed E-state index contributed by atoms with van der Waals surface area (Å²) in [4.78, 5) is 0. The minimum Gasteiger partial charge on any atom is -0.496 e. The van der Waals surface area contributed by atoms with Gasteiger partial charge in [-0.15, -0.1) is 0 Å². The van der Waals surface area contributed by atoms with Crippen LogP contribution in [0.25, 0.3) is 0 Å². The lowest BCUT2D eigenvalue weighted by molar-refractivity contribution is -0.00699. The van der Waals surface area contributed by atoms with Crippen molar-refractivity contribution < 1.29 is 18.6 Å². The molecule has 0 aliphatic rings. The van der Waals surface area contributed by atoms with E-state index in [1.165, 1.54) is 13.2 Å². The summed E-state index contributed by atoms with van der Waals surface area (Å²) in [6.07, 6.45) is -4.59. The fourth-order valence-corrected chi connectivity index (χ4v) is 1.20. The van der Waals surface area contributed by atoms with E-state index in [1.807, 2.05) is 6.92 Å². The highest BCUT2D eigenvalue weighted by molar-refractivity contribution is 5.38. The van der Waals surface area contributed by atoms with E-state index in [4.69, 9.17) is 4.74 Å². The maximum absolute atomic E-state index is 12.2. The molecule has 4 heteroatoms. The fourth-order valence-electron chi connectivity index (χ4n) is 1.20. The summed E-state index contributed by atoms with van der Waals surface area (Å²) in [6.45, 7) is 1.82. The smallest absolute Gasteiger partial charge is 0.268 e. The summed E-state index contributed by atoms with van der Waals surface area (Å²) < 4.78 is 29.4. The maximum atomic E-state index is 12.2. The second-order valence-corrected chi connectivity index (χ2v) is 3.02. The highest BCUT2D eigenvalue weighted by atomic mass is 19.3. The zero-order chi connectivity index (χ0) is 10.7. The van der Waals surface area contributed by atoms with Crippen molar-refractivity contribution in [1.29, 1.82) is 0 Å². The van der Waals surface area contributed by atoms with Gasteiger partial charge in [0.05, 0.1) is 7.11 Å². The topological polar surface area (TPSA) is 29.5 Å². The molecule has 0 aliphatic carbocycles. The molecule has 1 unspecified atom stereocenters. The van der Waals surface area contributed by atoms with E-state index < -0.39 is 12.5 Å². The summed E-state index contributed by atoms with van der Waals surface area (Å²) in [7, 11) is 1.39. The highest BCUT2D eigenvalue weighted by Gasteiger charge is 2.22. The number of hydrogen-bond donors (Lipinski definition) is 1. The van der Waals surface area contributed by atoms with Crippen LogP contribution in [0.5, 0.6) is 5.75 Å². The van der Waals surface area contributed by atoms with E-state index in [0.29, 0.717) is 0 Å². The van der Waals surface area contributed by atoms with Crippen molar-refractivity contribution in [1.82, 2.24) is 0 Å². The predicted molar refractivity (Wildman–Crippen MR) is 48.7 cm³/mol. The Balaban J connectivity index is 3.07. The van der Waals surface area contributed by atoms with Gasteiger partial charge in [-0.25, -0.2) is 8.78 Å². The van der Waals surface area contributed by atoms with Crippen molar-refractivity contribution in [3.05, 3.63) is 29.3 Å². The molecule has 0 aliphatic heterocycles. The van der Waals surface area contributed by atoms with Gasteiger partial charge in [-0.2, -0.15) is 0 Å². The van der Waals surface area contributed by atoms with Gasteiger partial charge in [-0.05, 0) is 18.6 Å². The standard InChI is InChI=1S/C10H12F2O2/c1-6-3-4-7(8(5-6)14-2)9(13)10(11)12/h3-5,9-10,13H,1-2H3. The number of hydrogen-bond acceptors (Lipinski definition) is 2. The second-order valence-electron chi connectivity index (χ2n) is 3.02. The molecule has 1 aromatic carbocycles. The Labute approximate surface area is 81.1 Å². The summed E-state index contributed by atoms with van der Waals surface area (Å²) in [6, 6.07) is 4.72. The van der Waals surface area contributed by atoms with Crippen LogP contribution in [0.3, 0.4) is 0 Å². The molecule has 0 amide bonds. The van der Waals surface area contributed by atoms with Gasteiger partial charge in [-0.3, -0.25) is 0 Å². The third-order valence-corrected chi connectivity index (χ3v) is 1.95. The van der Waals surface area contributed by atoms with Gasteiger partial charge in [0.2, 0.25) is 0 Å². The van der Waals surface area contributed by atoms with E-state index in [1.54, 1.807) is 12.1 Å². The minimum absolute atomic E-state index is 0.119. The molecule has 0 spiro atoms. The summed E-state index contributed by atoms with van der Waals surface area (Å²) >= 11 is 0. The molecular weight excluding hydrogens is 190 g/mol. The molecule has 78 valence electrons. The highest BCUT2D eigenvalue weighted by Crippen LogP contribution is 2.29. The first kappa shape index (κ1) is 10.9. The summed E-state index contributed by atoms with van der Waals surface area (Å²) in [5, 5.41) is 9.17. The Morgan fingerprint density at radius 2 is 2.00 bits per heavy atom. The normalized spacial score (nSPS) is 13.0. The van der Waals surface area contributed by atoms with Crippen LogP contribution in [0.4, 0.5) is 8.78 Å². The first-order valence-corrected chi connectivity index (χ1v) is 4.17. The van der Waals surface area contributed by atoms with Gasteiger partial charge in [0.1, 0.15) is 11.9 Å². The Kier molecular flexibility index (Phi) is 3.41. The molecule has 1 atom stereocenters. The molecule has 0 saturated heterocycles. The second kappa shape index (κ2) is 4.37. The molecule has 0 aromatic heterocycles. The van der Waals surface area contributed by atoms with E-state index in [-0.39, 0.29) is 11.3 Å². The number of alkyl halides is 2. The summed E-state index contributed by atoms with van der Waals surface area (Å²) in [5.41, 5.74) is 1.01. The molecule has 0 radical (unpaired) electrons. The average Bonchev–Trinajstić information content (AvgIpc) is 2.16. The van der Waals surface area contributed by atoms with Gasteiger partial charge in [0.25, 0.3) is 6.43 Å². The monoisotopic (exact) mass is 202 g/mol. The zero-order valence-corrected chi connectivity index (χ0v) is 8.00. The number of benzene rings is 1. The third-order valence-electron chi connectivity index (χ3n) is 1.95. The van der Waals surface area contributed by atoms with Gasteiger partial charge in [0.15, 0.2) is 0 Å². The number of aliphatic hydroxyl groups is 1. The first-order valence-electron chi connectivity index (χ1n) is 4.17. The van der Waals surface area contributed by atoms with Crippen LogP contribution in [0.15, 0.2) is 18.2 Å². The lowest BCUT2D eigenvalue weighted by Crippen LogP contribution is -2.09. The van der Waals surface area contributed by atoms with Crippen molar-refractivity contribution in [2.75, 3.05) is 7.11 Å². The van der Waals surface area contributed by atoms with Crippen molar-refractivity contribution in [2.24, 2.45) is 0 Å². The molecule has 0 heterocycles. The third kappa shape index (κ3) is 2.20. The zero-order valence-electron chi connectivity index (χ0n) is 8.00.